The van der Waals surface area contributed by atoms with Crippen LogP contribution in [0.2, 0.25) is 0 Å². The van der Waals surface area contributed by atoms with Crippen molar-refractivity contribution in [2.45, 2.75) is 258 Å². The zero-order valence-electron chi connectivity index (χ0n) is 36.7. The summed E-state index contributed by atoms with van der Waals surface area (Å²) in [6.07, 6.45) is 48.8. The van der Waals surface area contributed by atoms with E-state index in [9.17, 15) is 14.4 Å². The monoisotopic (exact) mass is 775 g/mol. The minimum Gasteiger partial charge on any atom is -0.462 e. The lowest BCUT2D eigenvalue weighted by Crippen LogP contribution is -2.30. The highest BCUT2D eigenvalue weighted by atomic mass is 16.6. The Morgan fingerprint density at radius 1 is 0.345 bits per heavy atom. The van der Waals surface area contributed by atoms with Gasteiger partial charge in [-0.1, -0.05) is 186 Å². The van der Waals surface area contributed by atoms with Gasteiger partial charge >= 0.3 is 17.9 Å². The molecule has 0 aliphatic rings. The fraction of sp³-hybridized carbons (Fsp3) is 0.857. The molecule has 0 aliphatic carbocycles. The van der Waals surface area contributed by atoms with Crippen LogP contribution in [-0.2, 0) is 28.6 Å². The van der Waals surface area contributed by atoms with Crippen LogP contribution < -0.4 is 0 Å². The zero-order chi connectivity index (χ0) is 40.1. The van der Waals surface area contributed by atoms with Crippen LogP contribution in [0.5, 0.6) is 0 Å². The van der Waals surface area contributed by atoms with Gasteiger partial charge in [0.1, 0.15) is 13.2 Å². The van der Waals surface area contributed by atoms with Crippen LogP contribution in [0.3, 0.4) is 0 Å². The van der Waals surface area contributed by atoms with E-state index >= 15 is 0 Å². The summed E-state index contributed by atoms with van der Waals surface area (Å²) in [6.45, 7) is 6.58. The fourth-order valence-electron chi connectivity index (χ4n) is 6.78. The first-order chi connectivity index (χ1) is 27.0. The Balaban J connectivity index is 4.32. The first-order valence-corrected chi connectivity index (χ1v) is 23.8. The smallest absolute Gasteiger partial charge is 0.306 e. The lowest BCUT2D eigenvalue weighted by Gasteiger charge is -2.18. The van der Waals surface area contributed by atoms with Gasteiger partial charge in [-0.05, 0) is 70.6 Å². The lowest BCUT2D eigenvalue weighted by molar-refractivity contribution is -0.167. The summed E-state index contributed by atoms with van der Waals surface area (Å²) in [6, 6.07) is 0. The molecule has 0 rings (SSSR count). The second kappa shape index (κ2) is 44.6. The van der Waals surface area contributed by atoms with Gasteiger partial charge in [0.2, 0.25) is 0 Å². The van der Waals surface area contributed by atoms with Crippen molar-refractivity contribution in [2.24, 2.45) is 0 Å². The van der Waals surface area contributed by atoms with Gasteiger partial charge in [0.05, 0.1) is 0 Å². The van der Waals surface area contributed by atoms with Crippen molar-refractivity contribution in [3.05, 3.63) is 24.3 Å². The Morgan fingerprint density at radius 2 is 0.600 bits per heavy atom. The normalized spacial score (nSPS) is 12.1. The number of unbranched alkanes of at least 4 members (excludes halogenated alkanes) is 28. The molecule has 0 aliphatic heterocycles. The Hall–Kier alpha value is -2.11. The molecule has 0 spiro atoms. The van der Waals surface area contributed by atoms with Crippen molar-refractivity contribution in [1.29, 1.82) is 0 Å². The Labute approximate surface area is 341 Å². The van der Waals surface area contributed by atoms with Crippen molar-refractivity contribution in [1.82, 2.24) is 0 Å². The topological polar surface area (TPSA) is 78.9 Å². The predicted molar refractivity (Wildman–Crippen MR) is 233 cm³/mol. The van der Waals surface area contributed by atoms with Crippen molar-refractivity contribution < 1.29 is 28.6 Å². The Kier molecular flexibility index (Phi) is 42.9. The summed E-state index contributed by atoms with van der Waals surface area (Å²) in [7, 11) is 0. The summed E-state index contributed by atoms with van der Waals surface area (Å²) < 4.78 is 16.7. The molecule has 0 amide bonds. The van der Waals surface area contributed by atoms with Crippen molar-refractivity contribution in [3.63, 3.8) is 0 Å². The highest BCUT2D eigenvalue weighted by Gasteiger charge is 2.19. The molecule has 0 aromatic heterocycles. The molecule has 1 unspecified atom stereocenters. The van der Waals surface area contributed by atoms with E-state index < -0.39 is 6.10 Å². The molecule has 0 aromatic carbocycles. The highest BCUT2D eigenvalue weighted by molar-refractivity contribution is 5.71. The van der Waals surface area contributed by atoms with Crippen LogP contribution in [0.1, 0.15) is 252 Å². The van der Waals surface area contributed by atoms with Gasteiger partial charge in [0.25, 0.3) is 0 Å². The van der Waals surface area contributed by atoms with Gasteiger partial charge in [-0.15, -0.1) is 0 Å². The number of ether oxygens (including phenoxy) is 3. The largest absolute Gasteiger partial charge is 0.462 e. The van der Waals surface area contributed by atoms with E-state index in [2.05, 4.69) is 45.1 Å². The molecule has 0 bridgehead atoms. The molecule has 0 N–H and O–H groups in total. The molecule has 0 saturated heterocycles. The van der Waals surface area contributed by atoms with Crippen LogP contribution in [0.15, 0.2) is 24.3 Å². The molecule has 0 radical (unpaired) electrons. The molecule has 0 aromatic rings. The maximum atomic E-state index is 12.7. The summed E-state index contributed by atoms with van der Waals surface area (Å²) in [5.74, 6) is -0.891. The van der Waals surface area contributed by atoms with Crippen LogP contribution in [-0.4, -0.2) is 37.2 Å². The second-order valence-electron chi connectivity index (χ2n) is 16.0. The zero-order valence-corrected chi connectivity index (χ0v) is 36.7. The van der Waals surface area contributed by atoms with E-state index in [0.29, 0.717) is 19.3 Å². The average molecular weight is 775 g/mol. The average Bonchev–Trinajstić information content (AvgIpc) is 3.18. The van der Waals surface area contributed by atoms with Crippen LogP contribution in [0, 0.1) is 0 Å². The van der Waals surface area contributed by atoms with Gasteiger partial charge < -0.3 is 14.2 Å². The molecule has 0 heterocycles. The molecular weight excluding hydrogens is 685 g/mol. The number of carbonyl (C=O) groups excluding carboxylic acids is 3. The van der Waals surface area contributed by atoms with E-state index in [1.165, 1.54) is 141 Å². The molecule has 322 valence electrons. The van der Waals surface area contributed by atoms with E-state index in [-0.39, 0.29) is 31.1 Å². The first-order valence-electron chi connectivity index (χ1n) is 23.8. The van der Waals surface area contributed by atoms with Crippen molar-refractivity contribution in [3.8, 4) is 0 Å². The van der Waals surface area contributed by atoms with E-state index in [1.807, 2.05) is 0 Å². The minimum atomic E-state index is -0.772. The quantitative estimate of drug-likeness (QED) is 0.0266. The molecular formula is C49H90O6. The number of rotatable bonds is 43. The number of hydrogen-bond donors (Lipinski definition) is 0. The summed E-state index contributed by atoms with van der Waals surface area (Å²) in [5, 5.41) is 0. The van der Waals surface area contributed by atoms with Crippen LogP contribution >= 0.6 is 0 Å². The molecule has 6 heteroatoms. The maximum Gasteiger partial charge on any atom is 0.306 e. The number of carbonyl (C=O) groups is 3. The molecule has 6 nitrogen and oxygen atoms in total. The SMILES string of the molecule is CCCCCC/C=C\CCCCCCCC(=O)OC(COC(=O)CCCCCCC/C=C\CCCCCCCCC)COC(=O)CCCCCCCCCC. The third-order valence-corrected chi connectivity index (χ3v) is 10.4. The number of esters is 3. The van der Waals surface area contributed by atoms with Crippen molar-refractivity contribution in [2.75, 3.05) is 13.2 Å². The lowest BCUT2D eigenvalue weighted by atomic mass is 10.1. The Morgan fingerprint density at radius 3 is 0.927 bits per heavy atom. The number of hydrogen-bond acceptors (Lipinski definition) is 6. The second-order valence-corrected chi connectivity index (χ2v) is 16.0. The third kappa shape index (κ3) is 42.9. The van der Waals surface area contributed by atoms with Gasteiger partial charge in [0.15, 0.2) is 6.10 Å². The standard InChI is InChI=1S/C49H90O6/c1-4-7-10-13-16-19-21-23-24-25-27-28-30-33-36-39-42-48(51)54-45-46(44-53-47(50)41-38-35-32-18-15-12-9-6-3)55-49(52)43-40-37-34-31-29-26-22-20-17-14-11-8-5-2/h20,22,24-25,46H,4-19,21,23,26-45H2,1-3H3/b22-20-,25-24-. The van der Waals surface area contributed by atoms with Crippen molar-refractivity contribution >= 4 is 17.9 Å². The van der Waals surface area contributed by atoms with Gasteiger partial charge in [-0.25, -0.2) is 0 Å². The molecule has 55 heavy (non-hydrogen) atoms. The van der Waals surface area contributed by atoms with Crippen LogP contribution in [0.4, 0.5) is 0 Å². The van der Waals surface area contributed by atoms with Gasteiger partial charge in [0, 0.05) is 19.3 Å². The molecule has 1 atom stereocenters. The minimum absolute atomic E-state index is 0.0749. The molecule has 0 saturated carbocycles. The summed E-state index contributed by atoms with van der Waals surface area (Å²) >= 11 is 0. The molecule has 0 fully saturated rings. The predicted octanol–water partition coefficient (Wildman–Crippen LogP) is 15.2. The highest BCUT2D eigenvalue weighted by Crippen LogP contribution is 2.14. The maximum absolute atomic E-state index is 12.7. The van der Waals surface area contributed by atoms with Gasteiger partial charge in [-0.2, -0.15) is 0 Å². The third-order valence-electron chi connectivity index (χ3n) is 10.4. The summed E-state index contributed by atoms with van der Waals surface area (Å²) in [5.41, 5.74) is 0. The van der Waals surface area contributed by atoms with E-state index in [4.69, 9.17) is 14.2 Å². The number of allylic oxidation sites excluding steroid dienone is 4. The fourth-order valence-corrected chi connectivity index (χ4v) is 6.78. The van der Waals surface area contributed by atoms with Crippen LogP contribution in [0.25, 0.3) is 0 Å². The first kappa shape index (κ1) is 52.9. The van der Waals surface area contributed by atoms with E-state index in [1.54, 1.807) is 0 Å². The van der Waals surface area contributed by atoms with E-state index in [0.717, 1.165) is 70.6 Å². The summed E-state index contributed by atoms with van der Waals surface area (Å²) in [4.78, 5) is 37.7. The Bertz CT molecular complexity index is 896. The van der Waals surface area contributed by atoms with Gasteiger partial charge in [-0.3, -0.25) is 14.4 Å².